The summed E-state index contributed by atoms with van der Waals surface area (Å²) in [5.41, 5.74) is 1.86. The molecule has 0 spiro atoms. The number of nitrogens with zero attached hydrogens (tertiary/aromatic N) is 1. The molecule has 0 N–H and O–H groups in total. The highest BCUT2D eigenvalue weighted by Gasteiger charge is 2.43. The van der Waals surface area contributed by atoms with Crippen LogP contribution in [-0.4, -0.2) is 28.3 Å². The molecule has 0 radical (unpaired) electrons. The minimum atomic E-state index is 0.176. The third-order valence-electron chi connectivity index (χ3n) is 4.34. The van der Waals surface area contributed by atoms with E-state index in [2.05, 4.69) is 20.8 Å². The second-order valence-corrected chi connectivity index (χ2v) is 7.16. The zero-order valence-corrected chi connectivity index (χ0v) is 13.2. The van der Waals surface area contributed by atoms with Crippen LogP contribution in [0.1, 0.15) is 41.6 Å². The summed E-state index contributed by atoms with van der Waals surface area (Å²) in [4.78, 5) is 14.9. The maximum Gasteiger partial charge on any atom is 0.254 e. The Balaban J connectivity index is 1.90. The number of alkyl halides is 1. The van der Waals surface area contributed by atoms with Gasteiger partial charge in [0.05, 0.1) is 0 Å². The van der Waals surface area contributed by atoms with Crippen LogP contribution in [0.5, 0.6) is 0 Å². The first kappa shape index (κ1) is 13.4. The van der Waals surface area contributed by atoms with Crippen LogP contribution in [0.25, 0.3) is 0 Å². The van der Waals surface area contributed by atoms with Crippen molar-refractivity contribution in [1.29, 1.82) is 0 Å². The lowest BCUT2D eigenvalue weighted by Crippen LogP contribution is -2.47. The number of fused-ring (bicyclic) bond motifs is 2. The van der Waals surface area contributed by atoms with Crippen molar-refractivity contribution in [3.8, 4) is 0 Å². The van der Waals surface area contributed by atoms with E-state index in [1.165, 1.54) is 0 Å². The molecule has 19 heavy (non-hydrogen) atoms. The van der Waals surface area contributed by atoms with Gasteiger partial charge in [0.15, 0.2) is 0 Å². The van der Waals surface area contributed by atoms with Crippen LogP contribution in [0.4, 0.5) is 0 Å². The van der Waals surface area contributed by atoms with Crippen molar-refractivity contribution < 1.29 is 4.79 Å². The van der Waals surface area contributed by atoms with Gasteiger partial charge in [0, 0.05) is 27.5 Å². The predicted octanol–water partition coefficient (Wildman–Crippen LogP) is 4.13. The third kappa shape index (κ3) is 2.43. The van der Waals surface area contributed by atoms with E-state index in [1.54, 1.807) is 0 Å². The highest BCUT2D eigenvalue weighted by Crippen LogP contribution is 2.39. The molecular weight excluding hydrogens is 326 g/mol. The van der Waals surface area contributed by atoms with Gasteiger partial charge in [0.2, 0.25) is 0 Å². The maximum atomic E-state index is 12.8. The molecule has 102 valence electrons. The molecule has 4 heteroatoms. The summed E-state index contributed by atoms with van der Waals surface area (Å²) in [7, 11) is 0. The van der Waals surface area contributed by atoms with E-state index in [4.69, 9.17) is 11.6 Å². The van der Waals surface area contributed by atoms with Crippen LogP contribution < -0.4 is 0 Å². The van der Waals surface area contributed by atoms with Crippen LogP contribution in [0, 0.1) is 6.92 Å². The molecule has 2 fully saturated rings. The molecule has 2 bridgehead atoms. The Morgan fingerprint density at radius 1 is 1.32 bits per heavy atom. The van der Waals surface area contributed by atoms with E-state index in [0.29, 0.717) is 12.1 Å². The number of carbonyl (C=O) groups excluding carboxylic acids is 1. The molecular formula is C15H17BrClNO. The van der Waals surface area contributed by atoms with Gasteiger partial charge in [-0.15, -0.1) is 11.6 Å². The highest BCUT2D eigenvalue weighted by atomic mass is 79.9. The SMILES string of the molecule is Cc1ccc(Br)cc1C(=O)N1C2CCC1CC(Cl)C2. The summed E-state index contributed by atoms with van der Waals surface area (Å²) in [6.45, 7) is 2.00. The Labute approximate surface area is 127 Å². The van der Waals surface area contributed by atoms with Crippen molar-refractivity contribution in [2.24, 2.45) is 0 Å². The van der Waals surface area contributed by atoms with E-state index in [-0.39, 0.29) is 11.3 Å². The smallest absolute Gasteiger partial charge is 0.254 e. The number of piperidine rings is 1. The lowest BCUT2D eigenvalue weighted by Gasteiger charge is -2.37. The Morgan fingerprint density at radius 3 is 2.58 bits per heavy atom. The standard InChI is InChI=1S/C15H17BrClNO/c1-9-2-3-10(16)6-14(9)15(19)18-12-4-5-13(18)8-11(17)7-12/h2-3,6,11-13H,4-5,7-8H2,1H3. The summed E-state index contributed by atoms with van der Waals surface area (Å²) >= 11 is 9.73. The first-order valence-electron chi connectivity index (χ1n) is 6.79. The van der Waals surface area contributed by atoms with Crippen molar-refractivity contribution in [3.05, 3.63) is 33.8 Å². The van der Waals surface area contributed by atoms with Crippen LogP contribution in [-0.2, 0) is 0 Å². The van der Waals surface area contributed by atoms with Gasteiger partial charge in [-0.05, 0) is 50.3 Å². The molecule has 1 aromatic rings. The van der Waals surface area contributed by atoms with E-state index in [1.807, 2.05) is 25.1 Å². The quantitative estimate of drug-likeness (QED) is 0.703. The van der Waals surface area contributed by atoms with Crippen LogP contribution in [0.2, 0.25) is 0 Å². The fourth-order valence-corrected chi connectivity index (χ4v) is 4.18. The average Bonchev–Trinajstić information content (AvgIpc) is 2.64. The normalized spacial score (nSPS) is 29.6. The van der Waals surface area contributed by atoms with Crippen LogP contribution >= 0.6 is 27.5 Å². The molecule has 2 aliphatic rings. The van der Waals surface area contributed by atoms with Crippen molar-refractivity contribution in [3.63, 3.8) is 0 Å². The molecule has 2 nitrogen and oxygen atoms in total. The summed E-state index contributed by atoms with van der Waals surface area (Å²) in [6.07, 6.45) is 4.09. The number of carbonyl (C=O) groups is 1. The number of hydrogen-bond acceptors (Lipinski definition) is 1. The minimum absolute atomic E-state index is 0.176. The maximum absolute atomic E-state index is 12.8. The first-order valence-corrected chi connectivity index (χ1v) is 8.02. The van der Waals surface area contributed by atoms with Crippen molar-refractivity contribution in [2.75, 3.05) is 0 Å². The van der Waals surface area contributed by atoms with Crippen molar-refractivity contribution in [2.45, 2.75) is 50.1 Å². The third-order valence-corrected chi connectivity index (χ3v) is 5.19. The van der Waals surface area contributed by atoms with Gasteiger partial charge in [-0.2, -0.15) is 0 Å². The summed E-state index contributed by atoms with van der Waals surface area (Å²) in [5.74, 6) is 0.176. The molecule has 0 saturated carbocycles. The van der Waals surface area contributed by atoms with Gasteiger partial charge in [-0.1, -0.05) is 22.0 Å². The molecule has 2 unspecified atom stereocenters. The van der Waals surface area contributed by atoms with Gasteiger partial charge >= 0.3 is 0 Å². The second kappa shape index (κ2) is 5.10. The lowest BCUT2D eigenvalue weighted by molar-refractivity contribution is 0.0599. The summed E-state index contributed by atoms with van der Waals surface area (Å²) < 4.78 is 0.959. The Kier molecular flexibility index (Phi) is 3.61. The number of rotatable bonds is 1. The molecule has 1 aromatic carbocycles. The van der Waals surface area contributed by atoms with Gasteiger partial charge in [0.25, 0.3) is 5.91 Å². The zero-order valence-electron chi connectivity index (χ0n) is 10.9. The molecule has 2 heterocycles. The predicted molar refractivity (Wildman–Crippen MR) is 80.7 cm³/mol. The van der Waals surface area contributed by atoms with Gasteiger partial charge in [-0.25, -0.2) is 0 Å². The average molecular weight is 343 g/mol. The fraction of sp³-hybridized carbons (Fsp3) is 0.533. The van der Waals surface area contributed by atoms with Crippen LogP contribution in [0.15, 0.2) is 22.7 Å². The molecule has 1 amide bonds. The van der Waals surface area contributed by atoms with E-state index in [9.17, 15) is 4.79 Å². The molecule has 0 aromatic heterocycles. The lowest BCUT2D eigenvalue weighted by atomic mass is 9.99. The fourth-order valence-electron chi connectivity index (χ4n) is 3.41. The molecule has 3 rings (SSSR count). The number of hydrogen-bond donors (Lipinski definition) is 0. The topological polar surface area (TPSA) is 20.3 Å². The Morgan fingerprint density at radius 2 is 1.95 bits per heavy atom. The molecule has 2 aliphatic heterocycles. The van der Waals surface area contributed by atoms with E-state index < -0.39 is 0 Å². The second-order valence-electron chi connectivity index (χ2n) is 5.63. The zero-order chi connectivity index (χ0) is 13.6. The monoisotopic (exact) mass is 341 g/mol. The van der Waals surface area contributed by atoms with Crippen molar-refractivity contribution >= 4 is 33.4 Å². The number of amides is 1. The van der Waals surface area contributed by atoms with Gasteiger partial charge in [-0.3, -0.25) is 4.79 Å². The summed E-state index contributed by atoms with van der Waals surface area (Å²) in [6, 6.07) is 6.59. The number of halogens is 2. The van der Waals surface area contributed by atoms with Crippen LogP contribution in [0.3, 0.4) is 0 Å². The van der Waals surface area contributed by atoms with E-state index in [0.717, 1.165) is 41.3 Å². The molecule has 2 saturated heterocycles. The van der Waals surface area contributed by atoms with Crippen molar-refractivity contribution in [1.82, 2.24) is 4.90 Å². The minimum Gasteiger partial charge on any atom is -0.333 e. The number of aryl methyl sites for hydroxylation is 1. The molecule has 2 atom stereocenters. The summed E-state index contributed by atoms with van der Waals surface area (Å²) in [5, 5.41) is 0.241. The van der Waals surface area contributed by atoms with Gasteiger partial charge < -0.3 is 4.90 Å². The first-order chi connectivity index (χ1) is 9.06. The van der Waals surface area contributed by atoms with E-state index >= 15 is 0 Å². The Bertz CT molecular complexity index is 505. The largest absolute Gasteiger partial charge is 0.333 e. The molecule has 0 aliphatic carbocycles. The van der Waals surface area contributed by atoms with Gasteiger partial charge in [0.1, 0.15) is 0 Å². The number of benzene rings is 1. The highest BCUT2D eigenvalue weighted by molar-refractivity contribution is 9.10. The Hall–Kier alpha value is -0.540.